The van der Waals surface area contributed by atoms with Crippen LogP contribution in [0.2, 0.25) is 0 Å². The highest BCUT2D eigenvalue weighted by atomic mass is 31.2. The molecule has 2 aromatic carbocycles. The summed E-state index contributed by atoms with van der Waals surface area (Å²) in [6.07, 6.45) is 1.99. The lowest BCUT2D eigenvalue weighted by Crippen LogP contribution is -1.99. The number of hydrogen-bond donors (Lipinski definition) is 0. The van der Waals surface area contributed by atoms with Gasteiger partial charge in [0.05, 0.1) is 32.0 Å². The fourth-order valence-electron chi connectivity index (χ4n) is 2.98. The Morgan fingerprint density at radius 3 is 2.14 bits per heavy atom. The predicted molar refractivity (Wildman–Crippen MR) is 114 cm³/mol. The summed E-state index contributed by atoms with van der Waals surface area (Å²) in [7, 11) is -1.53. The van der Waals surface area contributed by atoms with Crippen molar-refractivity contribution in [2.24, 2.45) is 0 Å². The Balaban J connectivity index is 1.83. The standard InChI is InChI=1S/C22H25N2O4P/c1-4-27-29(25,28-5-2)16-17-11-13-19(14-12-17)21-23-15-20(22(24-21)26-3)18-9-7-6-8-10-18/h6-15H,4-5,16H2,1-3H3. The van der Waals surface area contributed by atoms with Gasteiger partial charge in [-0.2, -0.15) is 4.98 Å². The highest BCUT2D eigenvalue weighted by Gasteiger charge is 2.24. The third kappa shape index (κ3) is 5.30. The van der Waals surface area contributed by atoms with E-state index in [9.17, 15) is 4.57 Å². The molecule has 3 aromatic rings. The van der Waals surface area contributed by atoms with Crippen LogP contribution in [-0.4, -0.2) is 30.3 Å². The highest BCUT2D eigenvalue weighted by Crippen LogP contribution is 2.51. The van der Waals surface area contributed by atoms with Crippen molar-refractivity contribution in [3.63, 3.8) is 0 Å². The molecule has 6 nitrogen and oxygen atoms in total. The largest absolute Gasteiger partial charge is 0.480 e. The summed E-state index contributed by atoms with van der Waals surface area (Å²) in [5.41, 5.74) is 3.54. The molecule has 152 valence electrons. The molecule has 0 unspecified atom stereocenters. The lowest BCUT2D eigenvalue weighted by Gasteiger charge is -2.17. The van der Waals surface area contributed by atoms with E-state index >= 15 is 0 Å². The molecule has 0 aliphatic carbocycles. The summed E-state index contributed by atoms with van der Waals surface area (Å²) in [6.45, 7) is 4.30. The van der Waals surface area contributed by atoms with Crippen LogP contribution in [-0.2, 0) is 19.8 Å². The maximum Gasteiger partial charge on any atom is 0.335 e. The Labute approximate surface area is 171 Å². The normalized spacial score (nSPS) is 11.4. The van der Waals surface area contributed by atoms with Crippen molar-refractivity contribution in [2.75, 3.05) is 20.3 Å². The van der Waals surface area contributed by atoms with E-state index in [1.165, 1.54) is 0 Å². The van der Waals surface area contributed by atoms with E-state index in [0.717, 1.165) is 22.3 Å². The first kappa shape index (κ1) is 21.2. The molecule has 0 saturated heterocycles. The molecule has 0 aliphatic rings. The zero-order valence-electron chi connectivity index (χ0n) is 16.9. The van der Waals surface area contributed by atoms with Crippen molar-refractivity contribution < 1.29 is 18.3 Å². The molecule has 3 rings (SSSR count). The van der Waals surface area contributed by atoms with Crippen LogP contribution in [0.25, 0.3) is 22.5 Å². The zero-order chi connectivity index (χ0) is 20.7. The van der Waals surface area contributed by atoms with Gasteiger partial charge in [-0.1, -0.05) is 54.6 Å². The first-order valence-corrected chi connectivity index (χ1v) is 11.2. The van der Waals surface area contributed by atoms with Gasteiger partial charge in [0, 0.05) is 11.8 Å². The summed E-state index contributed by atoms with van der Waals surface area (Å²) in [6, 6.07) is 17.4. The quantitative estimate of drug-likeness (QED) is 0.427. The van der Waals surface area contributed by atoms with Gasteiger partial charge in [-0.15, -0.1) is 0 Å². The van der Waals surface area contributed by atoms with Crippen LogP contribution in [0.5, 0.6) is 5.88 Å². The van der Waals surface area contributed by atoms with E-state index < -0.39 is 7.60 Å². The lowest BCUT2D eigenvalue weighted by atomic mass is 10.1. The van der Waals surface area contributed by atoms with Gasteiger partial charge in [0.1, 0.15) is 0 Å². The van der Waals surface area contributed by atoms with Crippen molar-refractivity contribution in [1.82, 2.24) is 9.97 Å². The summed E-state index contributed by atoms with van der Waals surface area (Å²) < 4.78 is 28.9. The molecule has 0 N–H and O–H groups in total. The minimum atomic E-state index is -3.13. The Morgan fingerprint density at radius 1 is 0.897 bits per heavy atom. The number of nitrogens with zero attached hydrogens (tertiary/aromatic N) is 2. The number of ether oxygens (including phenoxy) is 1. The van der Waals surface area contributed by atoms with E-state index in [1.807, 2.05) is 54.6 Å². The second kappa shape index (κ2) is 9.79. The minimum Gasteiger partial charge on any atom is -0.480 e. The van der Waals surface area contributed by atoms with Gasteiger partial charge in [-0.3, -0.25) is 4.57 Å². The van der Waals surface area contributed by atoms with Crippen molar-refractivity contribution in [1.29, 1.82) is 0 Å². The number of rotatable bonds is 9. The fraction of sp³-hybridized carbons (Fsp3) is 0.273. The molecule has 7 heteroatoms. The van der Waals surface area contributed by atoms with Gasteiger partial charge in [0.2, 0.25) is 5.88 Å². The van der Waals surface area contributed by atoms with Crippen LogP contribution in [0, 0.1) is 0 Å². The summed E-state index contributed by atoms with van der Waals surface area (Å²) in [4.78, 5) is 9.07. The Morgan fingerprint density at radius 2 is 1.55 bits per heavy atom. The zero-order valence-corrected chi connectivity index (χ0v) is 17.8. The fourth-order valence-corrected chi connectivity index (χ4v) is 4.68. The predicted octanol–water partition coefficient (Wildman–Crippen LogP) is 5.59. The van der Waals surface area contributed by atoms with E-state index in [2.05, 4.69) is 9.97 Å². The van der Waals surface area contributed by atoms with Gasteiger partial charge in [-0.05, 0) is 25.0 Å². The van der Waals surface area contributed by atoms with Crippen LogP contribution in [0.15, 0.2) is 60.8 Å². The second-order valence-electron chi connectivity index (χ2n) is 6.28. The third-order valence-corrected chi connectivity index (χ3v) is 6.33. The molecule has 0 saturated carbocycles. The molecular weight excluding hydrogens is 387 g/mol. The van der Waals surface area contributed by atoms with E-state index in [0.29, 0.717) is 24.9 Å². The molecule has 0 radical (unpaired) electrons. The average molecular weight is 412 g/mol. The number of aromatic nitrogens is 2. The number of hydrogen-bond acceptors (Lipinski definition) is 6. The Bertz CT molecular complexity index is 968. The highest BCUT2D eigenvalue weighted by molar-refractivity contribution is 7.53. The molecule has 0 fully saturated rings. The molecule has 0 spiro atoms. The van der Waals surface area contributed by atoms with Crippen LogP contribution in [0.4, 0.5) is 0 Å². The minimum absolute atomic E-state index is 0.228. The van der Waals surface area contributed by atoms with Crippen LogP contribution in [0.1, 0.15) is 19.4 Å². The summed E-state index contributed by atoms with van der Waals surface area (Å²) in [5.74, 6) is 1.08. The Kier molecular flexibility index (Phi) is 7.15. The molecule has 1 heterocycles. The van der Waals surface area contributed by atoms with Gasteiger partial charge in [0.15, 0.2) is 5.82 Å². The third-order valence-electron chi connectivity index (χ3n) is 4.27. The van der Waals surface area contributed by atoms with Crippen LogP contribution >= 0.6 is 7.60 Å². The SMILES string of the molecule is CCOP(=O)(Cc1ccc(-c2ncc(-c3ccccc3)c(OC)n2)cc1)OCC. The van der Waals surface area contributed by atoms with Gasteiger partial charge < -0.3 is 13.8 Å². The van der Waals surface area contributed by atoms with Crippen molar-refractivity contribution >= 4 is 7.60 Å². The van der Waals surface area contributed by atoms with Crippen molar-refractivity contribution in [2.45, 2.75) is 20.0 Å². The molecule has 0 amide bonds. The molecule has 0 aliphatic heterocycles. The smallest absolute Gasteiger partial charge is 0.335 e. The maximum absolute atomic E-state index is 12.7. The summed E-state index contributed by atoms with van der Waals surface area (Å²) >= 11 is 0. The Hall–Kier alpha value is -2.53. The topological polar surface area (TPSA) is 70.5 Å². The maximum atomic E-state index is 12.7. The average Bonchev–Trinajstić information content (AvgIpc) is 2.74. The van der Waals surface area contributed by atoms with E-state index in [-0.39, 0.29) is 6.16 Å². The molecule has 29 heavy (non-hydrogen) atoms. The van der Waals surface area contributed by atoms with Gasteiger partial charge in [-0.25, -0.2) is 4.98 Å². The second-order valence-corrected chi connectivity index (χ2v) is 8.34. The lowest BCUT2D eigenvalue weighted by molar-refractivity contribution is 0.219. The van der Waals surface area contributed by atoms with Crippen LogP contribution < -0.4 is 4.74 Å². The van der Waals surface area contributed by atoms with Gasteiger partial charge in [0.25, 0.3) is 0 Å². The molecule has 0 atom stereocenters. The van der Waals surface area contributed by atoms with Crippen molar-refractivity contribution in [3.05, 3.63) is 66.4 Å². The summed E-state index contributed by atoms with van der Waals surface area (Å²) in [5, 5.41) is 0. The molecule has 1 aromatic heterocycles. The van der Waals surface area contributed by atoms with Gasteiger partial charge >= 0.3 is 7.60 Å². The monoisotopic (exact) mass is 412 g/mol. The first-order valence-electron chi connectivity index (χ1n) is 9.52. The van der Waals surface area contributed by atoms with E-state index in [1.54, 1.807) is 27.2 Å². The first-order chi connectivity index (χ1) is 14.1. The number of benzene rings is 2. The van der Waals surface area contributed by atoms with E-state index in [4.69, 9.17) is 13.8 Å². The number of methoxy groups -OCH3 is 1. The molecular formula is C22H25N2O4P. The van der Waals surface area contributed by atoms with Crippen LogP contribution in [0.3, 0.4) is 0 Å². The molecule has 0 bridgehead atoms. The van der Waals surface area contributed by atoms with Crippen molar-refractivity contribution in [3.8, 4) is 28.4 Å².